The highest BCUT2D eigenvalue weighted by atomic mass is 35.5. The maximum absolute atomic E-state index is 11.5. The molecular weight excluding hydrogens is 254 g/mol. The third kappa shape index (κ3) is 2.72. The number of aromatic nitrogens is 2. The SMILES string of the molecule is NS/C(N)=N\C(=O)c1nc(Cl)c(N)nc1N. The van der Waals surface area contributed by atoms with Crippen molar-refractivity contribution in [3.05, 3.63) is 10.8 Å². The van der Waals surface area contributed by atoms with Crippen LogP contribution in [0.25, 0.3) is 0 Å². The molecule has 1 heterocycles. The number of hydrogen-bond acceptors (Lipinski definition) is 7. The van der Waals surface area contributed by atoms with E-state index in [9.17, 15) is 4.79 Å². The Labute approximate surface area is 99.6 Å². The molecule has 86 valence electrons. The Morgan fingerprint density at radius 3 is 2.50 bits per heavy atom. The van der Waals surface area contributed by atoms with Crippen molar-refractivity contribution in [1.29, 1.82) is 0 Å². The van der Waals surface area contributed by atoms with Crippen LogP contribution in [-0.2, 0) is 0 Å². The van der Waals surface area contributed by atoms with Gasteiger partial charge in [0.05, 0.1) is 0 Å². The summed E-state index contributed by atoms with van der Waals surface area (Å²) in [6.07, 6.45) is 0. The first-order valence-corrected chi connectivity index (χ1v) is 5.05. The predicted octanol–water partition coefficient (Wildman–Crippen LogP) is -0.644. The topological polar surface area (TPSA) is 159 Å². The number of hydrogen-bond donors (Lipinski definition) is 4. The van der Waals surface area contributed by atoms with E-state index in [0.717, 1.165) is 0 Å². The Hall–Kier alpha value is -1.58. The third-order valence-electron chi connectivity index (χ3n) is 1.44. The Kier molecular flexibility index (Phi) is 3.88. The van der Waals surface area contributed by atoms with E-state index in [1.807, 2.05) is 0 Å². The average molecular weight is 262 g/mol. The number of aliphatic imine (C=N–C) groups is 1. The molecule has 1 aromatic rings. The monoisotopic (exact) mass is 261 g/mol. The van der Waals surface area contributed by atoms with Gasteiger partial charge in [-0.2, -0.15) is 4.99 Å². The number of halogens is 1. The summed E-state index contributed by atoms with van der Waals surface area (Å²) in [6, 6.07) is 0. The fraction of sp³-hybridized carbons (Fsp3) is 0. The number of amides is 1. The van der Waals surface area contributed by atoms with E-state index in [-0.39, 0.29) is 27.7 Å². The van der Waals surface area contributed by atoms with Crippen molar-refractivity contribution >= 4 is 46.3 Å². The molecule has 1 amide bonds. The van der Waals surface area contributed by atoms with E-state index >= 15 is 0 Å². The van der Waals surface area contributed by atoms with Crippen LogP contribution in [0.1, 0.15) is 10.5 Å². The van der Waals surface area contributed by atoms with E-state index in [2.05, 4.69) is 15.0 Å². The fourth-order valence-corrected chi connectivity index (χ4v) is 1.04. The largest absolute Gasteiger partial charge is 0.382 e. The second kappa shape index (κ2) is 4.96. The molecule has 0 radical (unpaired) electrons. The van der Waals surface area contributed by atoms with Crippen LogP contribution in [0.5, 0.6) is 0 Å². The minimum absolute atomic E-state index is 0.0686. The quantitative estimate of drug-likeness (QED) is 0.295. The van der Waals surface area contributed by atoms with Gasteiger partial charge in [-0.15, -0.1) is 0 Å². The van der Waals surface area contributed by atoms with E-state index in [4.69, 9.17) is 33.9 Å². The van der Waals surface area contributed by atoms with Crippen LogP contribution in [0.3, 0.4) is 0 Å². The van der Waals surface area contributed by atoms with Gasteiger partial charge >= 0.3 is 5.91 Å². The smallest absolute Gasteiger partial charge is 0.301 e. The van der Waals surface area contributed by atoms with Crippen LogP contribution in [0.15, 0.2) is 4.99 Å². The third-order valence-corrected chi connectivity index (χ3v) is 2.05. The molecule has 0 bridgehead atoms. The molecule has 16 heavy (non-hydrogen) atoms. The van der Waals surface area contributed by atoms with E-state index in [1.54, 1.807) is 0 Å². The summed E-state index contributed by atoms with van der Waals surface area (Å²) in [5.41, 5.74) is 15.8. The number of carbonyl (C=O) groups excluding carboxylic acids is 1. The molecule has 0 aromatic carbocycles. The van der Waals surface area contributed by atoms with Gasteiger partial charge in [-0.1, -0.05) is 11.6 Å². The number of anilines is 2. The molecule has 8 N–H and O–H groups in total. The standard InChI is InChI=1S/C6H8ClN7OS/c7-2-4(9)13-3(8)1(12-2)5(15)14-6(10)16-11/h11H2,(H4,8,9,13)(H2,10,14,15). The second-order valence-corrected chi connectivity index (χ2v) is 3.52. The zero-order chi connectivity index (χ0) is 12.3. The lowest BCUT2D eigenvalue weighted by Gasteiger charge is -2.02. The summed E-state index contributed by atoms with van der Waals surface area (Å²) in [7, 11) is 0. The molecule has 0 saturated heterocycles. The van der Waals surface area contributed by atoms with E-state index in [0.29, 0.717) is 11.9 Å². The molecule has 8 nitrogen and oxygen atoms in total. The second-order valence-electron chi connectivity index (χ2n) is 2.51. The number of rotatable bonds is 1. The van der Waals surface area contributed by atoms with Crippen molar-refractivity contribution < 1.29 is 4.79 Å². The zero-order valence-corrected chi connectivity index (χ0v) is 9.42. The van der Waals surface area contributed by atoms with E-state index in [1.165, 1.54) is 0 Å². The molecule has 0 fully saturated rings. The van der Waals surface area contributed by atoms with Crippen LogP contribution in [0.2, 0.25) is 5.15 Å². The summed E-state index contributed by atoms with van der Waals surface area (Å²) in [5, 5.41) is 4.83. The highest BCUT2D eigenvalue weighted by Gasteiger charge is 2.15. The first kappa shape index (κ1) is 12.5. The van der Waals surface area contributed by atoms with Crippen LogP contribution in [0.4, 0.5) is 11.6 Å². The molecule has 10 heteroatoms. The van der Waals surface area contributed by atoms with Gasteiger partial charge in [0.2, 0.25) is 0 Å². The first-order valence-electron chi connectivity index (χ1n) is 3.79. The lowest BCUT2D eigenvalue weighted by atomic mass is 10.4. The first-order chi connectivity index (χ1) is 7.45. The van der Waals surface area contributed by atoms with Crippen molar-refractivity contribution in [2.75, 3.05) is 11.5 Å². The summed E-state index contributed by atoms with van der Waals surface area (Å²) >= 11 is 6.21. The van der Waals surface area contributed by atoms with Gasteiger partial charge in [0.25, 0.3) is 0 Å². The number of nitrogen functional groups attached to an aromatic ring is 2. The van der Waals surface area contributed by atoms with Crippen molar-refractivity contribution in [2.45, 2.75) is 0 Å². The van der Waals surface area contributed by atoms with Crippen molar-refractivity contribution in [3.8, 4) is 0 Å². The summed E-state index contributed by atoms with van der Waals surface area (Å²) in [5.74, 6) is -1.03. The highest BCUT2D eigenvalue weighted by Crippen LogP contribution is 2.17. The average Bonchev–Trinajstić information content (AvgIpc) is 2.23. The van der Waals surface area contributed by atoms with E-state index < -0.39 is 5.91 Å². The molecule has 1 rings (SSSR count). The minimum Gasteiger partial charge on any atom is -0.382 e. The van der Waals surface area contributed by atoms with Crippen LogP contribution in [-0.4, -0.2) is 21.0 Å². The lowest BCUT2D eigenvalue weighted by Crippen LogP contribution is -2.15. The van der Waals surface area contributed by atoms with Gasteiger partial charge in [-0.25, -0.2) is 9.97 Å². The van der Waals surface area contributed by atoms with Crippen LogP contribution >= 0.6 is 23.5 Å². The molecule has 0 aliphatic heterocycles. The Morgan fingerprint density at radius 1 is 1.31 bits per heavy atom. The Bertz CT molecular complexity index is 462. The Morgan fingerprint density at radius 2 is 1.94 bits per heavy atom. The maximum atomic E-state index is 11.5. The molecule has 0 saturated carbocycles. The zero-order valence-electron chi connectivity index (χ0n) is 7.85. The normalized spacial score (nSPS) is 11.5. The van der Waals surface area contributed by atoms with Gasteiger partial charge in [0.1, 0.15) is 0 Å². The van der Waals surface area contributed by atoms with Crippen molar-refractivity contribution in [1.82, 2.24) is 9.97 Å². The van der Waals surface area contributed by atoms with Gasteiger partial charge in [-0.05, 0) is 11.9 Å². The highest BCUT2D eigenvalue weighted by molar-refractivity contribution is 8.11. The number of carbonyl (C=O) groups is 1. The molecule has 0 atom stereocenters. The summed E-state index contributed by atoms with van der Waals surface area (Å²) < 4.78 is 0. The lowest BCUT2D eigenvalue weighted by molar-refractivity contribution is 0.0999. The number of nitrogens with zero attached hydrogens (tertiary/aromatic N) is 3. The molecule has 1 aromatic heterocycles. The molecule has 0 aliphatic rings. The molecule has 0 aliphatic carbocycles. The van der Waals surface area contributed by atoms with Gasteiger partial charge in [0, 0.05) is 0 Å². The van der Waals surface area contributed by atoms with Gasteiger partial charge in [-0.3, -0.25) is 9.93 Å². The number of amidine groups is 1. The summed E-state index contributed by atoms with van der Waals surface area (Å²) in [4.78, 5) is 22.2. The van der Waals surface area contributed by atoms with Crippen molar-refractivity contribution in [2.24, 2.45) is 15.9 Å². The summed E-state index contributed by atoms with van der Waals surface area (Å²) in [6.45, 7) is 0. The Balaban J connectivity index is 3.14. The predicted molar refractivity (Wildman–Crippen MR) is 63.6 cm³/mol. The molecular formula is C6H8ClN7OS. The van der Waals surface area contributed by atoms with Gasteiger partial charge in [0.15, 0.2) is 27.7 Å². The van der Waals surface area contributed by atoms with Gasteiger partial charge < -0.3 is 17.2 Å². The minimum atomic E-state index is -0.789. The number of nitrogens with two attached hydrogens (primary N) is 4. The molecule has 0 spiro atoms. The fourth-order valence-electron chi connectivity index (χ4n) is 0.778. The van der Waals surface area contributed by atoms with Crippen LogP contribution in [0, 0.1) is 0 Å². The van der Waals surface area contributed by atoms with Crippen molar-refractivity contribution in [3.63, 3.8) is 0 Å². The molecule has 0 unspecified atom stereocenters. The maximum Gasteiger partial charge on any atom is 0.301 e. The van der Waals surface area contributed by atoms with Crippen LogP contribution < -0.4 is 22.3 Å².